The van der Waals surface area contributed by atoms with Gasteiger partial charge in [0.1, 0.15) is 11.4 Å². The molecule has 1 aromatic heterocycles. The lowest BCUT2D eigenvalue weighted by atomic mass is 9.84. The number of carbonyl (C=O) groups excluding carboxylic acids is 3. The van der Waals surface area contributed by atoms with Crippen molar-refractivity contribution in [1.82, 2.24) is 15.2 Å². The molecule has 0 radical (unpaired) electrons. The van der Waals surface area contributed by atoms with Crippen LogP contribution in [0, 0.1) is 0 Å². The van der Waals surface area contributed by atoms with Crippen molar-refractivity contribution >= 4 is 29.2 Å². The molecule has 4 rings (SSSR count). The summed E-state index contributed by atoms with van der Waals surface area (Å²) in [5.74, 6) is 0.141. The van der Waals surface area contributed by atoms with E-state index in [4.69, 9.17) is 16.3 Å². The summed E-state index contributed by atoms with van der Waals surface area (Å²) in [5, 5.41) is 3.31. The van der Waals surface area contributed by atoms with Crippen molar-refractivity contribution in [2.24, 2.45) is 0 Å². The van der Waals surface area contributed by atoms with Crippen LogP contribution in [-0.2, 0) is 16.1 Å². The molecule has 2 amide bonds. The van der Waals surface area contributed by atoms with E-state index >= 15 is 0 Å². The zero-order valence-corrected chi connectivity index (χ0v) is 17.2. The van der Waals surface area contributed by atoms with Gasteiger partial charge < -0.3 is 15.0 Å². The van der Waals surface area contributed by atoms with Crippen LogP contribution in [0.2, 0.25) is 5.02 Å². The molecule has 1 fully saturated rings. The quantitative estimate of drug-likeness (QED) is 0.810. The lowest BCUT2D eigenvalue weighted by Crippen LogP contribution is -2.44. The van der Waals surface area contributed by atoms with E-state index < -0.39 is 5.60 Å². The van der Waals surface area contributed by atoms with Crippen molar-refractivity contribution in [3.63, 3.8) is 0 Å². The van der Waals surface area contributed by atoms with Gasteiger partial charge in [0, 0.05) is 43.3 Å². The van der Waals surface area contributed by atoms with Crippen molar-refractivity contribution in [2.75, 3.05) is 13.1 Å². The van der Waals surface area contributed by atoms with Crippen molar-refractivity contribution < 1.29 is 19.1 Å². The number of amides is 2. The third-order valence-corrected chi connectivity index (χ3v) is 5.84. The molecule has 1 N–H and O–H groups in total. The highest BCUT2D eigenvalue weighted by atomic mass is 35.5. The van der Waals surface area contributed by atoms with E-state index in [9.17, 15) is 14.4 Å². The Kier molecular flexibility index (Phi) is 5.72. The van der Waals surface area contributed by atoms with Gasteiger partial charge in [-0.05, 0) is 42.3 Å². The number of Topliss-reactive ketones (excluding diaryl/α,β-unsaturated/α-hetero) is 1. The Hall–Kier alpha value is -2.93. The first-order valence-electron chi connectivity index (χ1n) is 9.89. The SMILES string of the molecule is O=C(CN1CCC2(CCC1=O)CC(=O)c1cc(Cl)ccc1O2)NCc1ccncc1. The predicted octanol–water partition coefficient (Wildman–Crippen LogP) is 2.77. The number of nitrogens with one attached hydrogen (secondary N) is 1. The molecule has 30 heavy (non-hydrogen) atoms. The first-order chi connectivity index (χ1) is 14.4. The molecule has 2 aromatic rings. The van der Waals surface area contributed by atoms with E-state index in [1.807, 2.05) is 12.1 Å². The number of ether oxygens (including phenoxy) is 1. The zero-order chi connectivity index (χ0) is 21.1. The summed E-state index contributed by atoms with van der Waals surface area (Å²) in [4.78, 5) is 43.1. The Balaban J connectivity index is 1.39. The van der Waals surface area contributed by atoms with Crippen LogP contribution in [0.1, 0.15) is 41.6 Å². The number of aromatic nitrogens is 1. The summed E-state index contributed by atoms with van der Waals surface area (Å²) in [6.07, 6.45) is 4.69. The van der Waals surface area contributed by atoms with Crippen LogP contribution >= 0.6 is 11.6 Å². The number of benzene rings is 1. The average molecular weight is 428 g/mol. The van der Waals surface area contributed by atoms with Crippen LogP contribution in [0.15, 0.2) is 42.7 Å². The molecule has 7 nitrogen and oxygen atoms in total. The van der Waals surface area contributed by atoms with Crippen LogP contribution in [0.3, 0.4) is 0 Å². The van der Waals surface area contributed by atoms with Crippen LogP contribution in [0.5, 0.6) is 5.75 Å². The molecule has 8 heteroatoms. The Bertz CT molecular complexity index is 982. The molecule has 1 aromatic carbocycles. The highest BCUT2D eigenvalue weighted by molar-refractivity contribution is 6.31. The average Bonchev–Trinajstić information content (AvgIpc) is 2.88. The molecule has 2 aliphatic rings. The van der Waals surface area contributed by atoms with Crippen LogP contribution in [-0.4, -0.2) is 46.2 Å². The van der Waals surface area contributed by atoms with Gasteiger partial charge in [-0.2, -0.15) is 0 Å². The molecule has 0 aliphatic carbocycles. The normalized spacial score (nSPS) is 21.0. The fraction of sp³-hybridized carbons (Fsp3) is 0.364. The van der Waals surface area contributed by atoms with E-state index in [0.29, 0.717) is 42.3 Å². The Morgan fingerprint density at radius 3 is 2.80 bits per heavy atom. The van der Waals surface area contributed by atoms with Crippen LogP contribution in [0.4, 0.5) is 0 Å². The van der Waals surface area contributed by atoms with E-state index in [1.54, 1.807) is 35.5 Å². The van der Waals surface area contributed by atoms with Crippen molar-refractivity contribution in [2.45, 2.75) is 37.8 Å². The van der Waals surface area contributed by atoms with Gasteiger partial charge in [0.2, 0.25) is 11.8 Å². The first kappa shape index (κ1) is 20.3. The fourth-order valence-electron chi connectivity index (χ4n) is 3.92. The van der Waals surface area contributed by atoms with Crippen molar-refractivity contribution in [3.8, 4) is 5.75 Å². The number of likely N-dealkylation sites (tertiary alicyclic amines) is 1. The molecule has 1 saturated heterocycles. The summed E-state index contributed by atoms with van der Waals surface area (Å²) in [5.41, 5.74) is 0.693. The molecule has 2 aliphatic heterocycles. The number of carbonyl (C=O) groups is 3. The third kappa shape index (κ3) is 4.46. The molecular formula is C22H22ClN3O4. The van der Waals surface area contributed by atoms with Crippen molar-refractivity contribution in [1.29, 1.82) is 0 Å². The third-order valence-electron chi connectivity index (χ3n) is 5.61. The van der Waals surface area contributed by atoms with E-state index in [2.05, 4.69) is 10.3 Å². The summed E-state index contributed by atoms with van der Waals surface area (Å²) in [7, 11) is 0. The Morgan fingerprint density at radius 1 is 1.20 bits per heavy atom. The van der Waals surface area contributed by atoms with Gasteiger partial charge in [0.05, 0.1) is 18.5 Å². The van der Waals surface area contributed by atoms with Gasteiger partial charge in [-0.15, -0.1) is 0 Å². The minimum atomic E-state index is -0.726. The summed E-state index contributed by atoms with van der Waals surface area (Å²) in [6, 6.07) is 8.65. The highest BCUT2D eigenvalue weighted by Crippen LogP contribution is 2.40. The number of hydrogen-bond acceptors (Lipinski definition) is 5. The highest BCUT2D eigenvalue weighted by Gasteiger charge is 2.43. The van der Waals surface area contributed by atoms with Gasteiger partial charge >= 0.3 is 0 Å². The monoisotopic (exact) mass is 427 g/mol. The number of fused-ring (bicyclic) bond motifs is 1. The second-order valence-electron chi connectivity index (χ2n) is 7.72. The fourth-order valence-corrected chi connectivity index (χ4v) is 4.10. The van der Waals surface area contributed by atoms with Crippen LogP contribution in [0.25, 0.3) is 0 Å². The number of ketones is 1. The van der Waals surface area contributed by atoms with Crippen LogP contribution < -0.4 is 10.1 Å². The maximum absolute atomic E-state index is 12.7. The largest absolute Gasteiger partial charge is 0.486 e. The maximum atomic E-state index is 12.7. The minimum absolute atomic E-state index is 0.0138. The van der Waals surface area contributed by atoms with Crippen molar-refractivity contribution in [3.05, 3.63) is 58.9 Å². The van der Waals surface area contributed by atoms with Gasteiger partial charge in [0.25, 0.3) is 0 Å². The van der Waals surface area contributed by atoms with Gasteiger partial charge in [-0.3, -0.25) is 19.4 Å². The Labute approximate surface area is 179 Å². The molecule has 1 unspecified atom stereocenters. The molecule has 1 atom stereocenters. The summed E-state index contributed by atoms with van der Waals surface area (Å²) < 4.78 is 6.21. The predicted molar refractivity (Wildman–Crippen MR) is 110 cm³/mol. The Morgan fingerprint density at radius 2 is 2.00 bits per heavy atom. The summed E-state index contributed by atoms with van der Waals surface area (Å²) >= 11 is 6.00. The van der Waals surface area contributed by atoms with Gasteiger partial charge in [-0.25, -0.2) is 0 Å². The number of rotatable bonds is 4. The molecule has 3 heterocycles. The second-order valence-corrected chi connectivity index (χ2v) is 8.16. The number of halogens is 1. The maximum Gasteiger partial charge on any atom is 0.239 e. The lowest BCUT2D eigenvalue weighted by molar-refractivity contribution is -0.135. The molecule has 156 valence electrons. The van der Waals surface area contributed by atoms with E-state index in [0.717, 1.165) is 5.56 Å². The summed E-state index contributed by atoms with van der Waals surface area (Å²) in [6.45, 7) is 0.724. The number of nitrogens with zero attached hydrogens (tertiary/aromatic N) is 2. The van der Waals surface area contributed by atoms with E-state index in [1.165, 1.54) is 0 Å². The molecule has 0 saturated carbocycles. The molecule has 1 spiro atoms. The van der Waals surface area contributed by atoms with E-state index in [-0.39, 0.29) is 37.0 Å². The number of pyridine rings is 1. The molecular weight excluding hydrogens is 406 g/mol. The lowest BCUT2D eigenvalue weighted by Gasteiger charge is -2.37. The topological polar surface area (TPSA) is 88.6 Å². The second kappa shape index (κ2) is 8.44. The molecule has 0 bridgehead atoms. The van der Waals surface area contributed by atoms with Gasteiger partial charge in [-0.1, -0.05) is 11.6 Å². The van der Waals surface area contributed by atoms with Gasteiger partial charge in [0.15, 0.2) is 5.78 Å². The standard InChI is InChI=1S/C22H22ClN3O4/c23-16-1-2-19-17(11-16)18(27)12-22(30-19)6-3-21(29)26(10-7-22)14-20(28)25-13-15-4-8-24-9-5-15/h1-2,4-5,8-9,11H,3,6-7,10,12-14H2,(H,25,28). The minimum Gasteiger partial charge on any atom is -0.486 e. The first-order valence-corrected chi connectivity index (χ1v) is 10.3. The zero-order valence-electron chi connectivity index (χ0n) is 16.4. The smallest absolute Gasteiger partial charge is 0.239 e. The number of hydrogen-bond donors (Lipinski definition) is 1.